The van der Waals surface area contributed by atoms with Crippen LogP contribution in [0.25, 0.3) is 0 Å². The van der Waals surface area contributed by atoms with Crippen molar-refractivity contribution in [1.82, 2.24) is 15.5 Å². The summed E-state index contributed by atoms with van der Waals surface area (Å²) in [5.74, 6) is 0.951. The van der Waals surface area contributed by atoms with Gasteiger partial charge in [0.1, 0.15) is 5.69 Å². The van der Waals surface area contributed by atoms with E-state index in [1.54, 1.807) is 0 Å². The second-order valence-electron chi connectivity index (χ2n) is 3.90. The first kappa shape index (κ1) is 12.0. The van der Waals surface area contributed by atoms with Crippen molar-refractivity contribution in [2.45, 2.75) is 18.9 Å². The first-order valence-corrected chi connectivity index (χ1v) is 6.85. The lowest BCUT2D eigenvalue weighted by molar-refractivity contribution is 0.0928. The Labute approximate surface area is 100 Å². The van der Waals surface area contributed by atoms with Gasteiger partial charge in [-0.1, -0.05) is 0 Å². The zero-order valence-corrected chi connectivity index (χ0v) is 9.96. The second kappa shape index (κ2) is 5.22. The van der Waals surface area contributed by atoms with Crippen LogP contribution < -0.4 is 10.9 Å². The summed E-state index contributed by atoms with van der Waals surface area (Å²) in [7, 11) is -0.738. The van der Waals surface area contributed by atoms with Crippen molar-refractivity contribution in [2.24, 2.45) is 0 Å². The number of carbonyl (C=O) groups excluding carboxylic acids is 1. The molecule has 7 heteroatoms. The Morgan fingerprint density at radius 3 is 2.71 bits per heavy atom. The molecule has 1 aliphatic rings. The standard InChI is InChI=1S/C10H13N3O3S/c14-9-2-1-8(12-13-9)10(15)11-7-3-5-17(16)6-4-7/h1-2,7H,3-6H2,(H,11,15)(H,13,14). The smallest absolute Gasteiger partial charge is 0.271 e. The fourth-order valence-electron chi connectivity index (χ4n) is 1.67. The number of rotatable bonds is 2. The normalized spacial score (nSPS) is 24.2. The number of aromatic nitrogens is 2. The average molecular weight is 255 g/mol. The summed E-state index contributed by atoms with van der Waals surface area (Å²) in [6.07, 6.45) is 1.45. The van der Waals surface area contributed by atoms with E-state index in [-0.39, 0.29) is 23.2 Å². The molecule has 0 unspecified atom stereocenters. The highest BCUT2D eigenvalue weighted by Gasteiger charge is 2.20. The van der Waals surface area contributed by atoms with Crippen molar-refractivity contribution in [2.75, 3.05) is 11.5 Å². The predicted octanol–water partition coefficient (Wildman–Crippen LogP) is -0.589. The van der Waals surface area contributed by atoms with Crippen molar-refractivity contribution in [3.63, 3.8) is 0 Å². The molecule has 0 aromatic carbocycles. The molecule has 0 spiro atoms. The van der Waals surface area contributed by atoms with Gasteiger partial charge in [0.25, 0.3) is 11.5 Å². The second-order valence-corrected chi connectivity index (χ2v) is 5.60. The highest BCUT2D eigenvalue weighted by molar-refractivity contribution is 7.85. The number of nitrogens with one attached hydrogen (secondary N) is 2. The van der Waals surface area contributed by atoms with Crippen molar-refractivity contribution < 1.29 is 9.00 Å². The lowest BCUT2D eigenvalue weighted by Crippen LogP contribution is -2.40. The van der Waals surface area contributed by atoms with Crippen molar-refractivity contribution >= 4 is 16.7 Å². The Morgan fingerprint density at radius 2 is 2.12 bits per heavy atom. The largest absolute Gasteiger partial charge is 0.348 e. The first-order chi connectivity index (χ1) is 8.15. The van der Waals surface area contributed by atoms with Crippen LogP contribution in [0.4, 0.5) is 0 Å². The van der Waals surface area contributed by atoms with Gasteiger partial charge < -0.3 is 5.32 Å². The minimum atomic E-state index is -0.738. The maximum Gasteiger partial charge on any atom is 0.271 e. The van der Waals surface area contributed by atoms with Gasteiger partial charge in [0.2, 0.25) is 0 Å². The SMILES string of the molecule is O=C(NC1CCS(=O)CC1)c1ccc(=O)[nH]n1. The monoisotopic (exact) mass is 255 g/mol. The van der Waals surface area contributed by atoms with Gasteiger partial charge >= 0.3 is 0 Å². The molecule has 1 aromatic heterocycles. The summed E-state index contributed by atoms with van der Waals surface area (Å²) in [6.45, 7) is 0. The van der Waals surface area contributed by atoms with Gasteiger partial charge in [-0.2, -0.15) is 5.10 Å². The summed E-state index contributed by atoms with van der Waals surface area (Å²) in [6, 6.07) is 2.70. The Hall–Kier alpha value is -1.50. The third kappa shape index (κ3) is 3.23. The van der Waals surface area contributed by atoms with E-state index in [9.17, 15) is 13.8 Å². The van der Waals surface area contributed by atoms with Gasteiger partial charge in [0.15, 0.2) is 0 Å². The van der Waals surface area contributed by atoms with Crippen molar-refractivity contribution in [3.05, 3.63) is 28.2 Å². The van der Waals surface area contributed by atoms with E-state index >= 15 is 0 Å². The molecule has 1 aromatic rings. The van der Waals surface area contributed by atoms with E-state index in [2.05, 4.69) is 15.5 Å². The first-order valence-electron chi connectivity index (χ1n) is 5.37. The van der Waals surface area contributed by atoms with Gasteiger partial charge in [-0.15, -0.1) is 0 Å². The van der Waals surface area contributed by atoms with Gasteiger partial charge in [-0.05, 0) is 18.9 Å². The number of hydrogen-bond donors (Lipinski definition) is 2. The zero-order chi connectivity index (χ0) is 12.3. The molecular formula is C10H13N3O3S. The molecule has 1 aliphatic heterocycles. The van der Waals surface area contributed by atoms with Crippen LogP contribution >= 0.6 is 0 Å². The topological polar surface area (TPSA) is 91.9 Å². The minimum Gasteiger partial charge on any atom is -0.348 e. The van der Waals surface area contributed by atoms with E-state index in [0.29, 0.717) is 11.5 Å². The van der Waals surface area contributed by atoms with E-state index < -0.39 is 10.8 Å². The third-order valence-electron chi connectivity index (χ3n) is 2.63. The Balaban J connectivity index is 1.95. The molecule has 2 N–H and O–H groups in total. The van der Waals surface area contributed by atoms with Gasteiger partial charge in [-0.3, -0.25) is 13.8 Å². The maximum absolute atomic E-state index is 11.7. The summed E-state index contributed by atoms with van der Waals surface area (Å²) in [5, 5.41) is 8.68. The van der Waals surface area contributed by atoms with E-state index in [1.165, 1.54) is 12.1 Å². The highest BCUT2D eigenvalue weighted by atomic mass is 32.2. The molecule has 1 fully saturated rings. The van der Waals surface area contributed by atoms with Crippen LogP contribution in [0.2, 0.25) is 0 Å². The fourth-order valence-corrected chi connectivity index (χ4v) is 2.97. The molecule has 2 rings (SSSR count). The number of aromatic amines is 1. The molecule has 0 bridgehead atoms. The predicted molar refractivity (Wildman–Crippen MR) is 63.2 cm³/mol. The number of nitrogens with zero attached hydrogens (tertiary/aromatic N) is 1. The van der Waals surface area contributed by atoms with Gasteiger partial charge in [-0.25, -0.2) is 5.10 Å². The molecule has 1 amide bonds. The summed E-state index contributed by atoms with van der Waals surface area (Å²) < 4.78 is 11.1. The molecule has 92 valence electrons. The Bertz CT molecular complexity index is 469. The van der Waals surface area contributed by atoms with Crippen LogP contribution in [0, 0.1) is 0 Å². The highest BCUT2D eigenvalue weighted by Crippen LogP contribution is 2.09. The van der Waals surface area contributed by atoms with Crippen LogP contribution in [0.1, 0.15) is 23.3 Å². The van der Waals surface area contributed by atoms with Crippen LogP contribution in [0.15, 0.2) is 16.9 Å². The number of hydrogen-bond acceptors (Lipinski definition) is 4. The maximum atomic E-state index is 11.7. The van der Waals surface area contributed by atoms with Crippen LogP contribution in [-0.2, 0) is 10.8 Å². The summed E-state index contributed by atoms with van der Waals surface area (Å²) in [5.41, 5.74) is -0.147. The molecular weight excluding hydrogens is 242 g/mol. The van der Waals surface area contributed by atoms with Gasteiger partial charge in [0.05, 0.1) is 0 Å². The lowest BCUT2D eigenvalue weighted by Gasteiger charge is -2.22. The van der Waals surface area contributed by atoms with E-state index in [4.69, 9.17) is 0 Å². The average Bonchev–Trinajstić information content (AvgIpc) is 2.33. The van der Waals surface area contributed by atoms with Gasteiger partial charge in [0, 0.05) is 34.4 Å². The van der Waals surface area contributed by atoms with E-state index in [0.717, 1.165) is 12.8 Å². The number of carbonyl (C=O) groups is 1. The molecule has 0 radical (unpaired) electrons. The van der Waals surface area contributed by atoms with Crippen molar-refractivity contribution in [3.8, 4) is 0 Å². The summed E-state index contributed by atoms with van der Waals surface area (Å²) in [4.78, 5) is 22.5. The third-order valence-corrected chi connectivity index (χ3v) is 4.02. The Kier molecular flexibility index (Phi) is 3.68. The molecule has 6 nitrogen and oxygen atoms in total. The molecule has 0 aliphatic carbocycles. The van der Waals surface area contributed by atoms with Crippen LogP contribution in [0.3, 0.4) is 0 Å². The molecule has 0 atom stereocenters. The number of H-pyrrole nitrogens is 1. The summed E-state index contributed by atoms with van der Waals surface area (Å²) >= 11 is 0. The fraction of sp³-hybridized carbons (Fsp3) is 0.500. The quantitative estimate of drug-likeness (QED) is 0.739. The molecule has 1 saturated heterocycles. The molecule has 17 heavy (non-hydrogen) atoms. The van der Waals surface area contributed by atoms with E-state index in [1.807, 2.05) is 0 Å². The molecule has 0 saturated carbocycles. The lowest BCUT2D eigenvalue weighted by atomic mass is 10.1. The minimum absolute atomic E-state index is 0.0499. The zero-order valence-electron chi connectivity index (χ0n) is 9.14. The van der Waals surface area contributed by atoms with Crippen molar-refractivity contribution in [1.29, 1.82) is 0 Å². The van der Waals surface area contributed by atoms with Crippen LogP contribution in [-0.4, -0.2) is 37.9 Å². The number of amides is 1. The Morgan fingerprint density at radius 1 is 1.41 bits per heavy atom. The van der Waals surface area contributed by atoms with Crippen LogP contribution in [0.5, 0.6) is 0 Å². The molecule has 2 heterocycles.